The first-order valence-corrected chi connectivity index (χ1v) is 8.85. The summed E-state index contributed by atoms with van der Waals surface area (Å²) in [6, 6.07) is 10.0. The molecule has 0 aliphatic carbocycles. The van der Waals surface area contributed by atoms with E-state index in [-0.39, 0.29) is 0 Å². The van der Waals surface area contributed by atoms with Crippen LogP contribution in [0.5, 0.6) is 0 Å². The van der Waals surface area contributed by atoms with Gasteiger partial charge < -0.3 is 5.32 Å². The van der Waals surface area contributed by atoms with Crippen molar-refractivity contribution in [2.45, 2.75) is 32.1 Å². The highest BCUT2D eigenvalue weighted by atomic mass is 32.2. The number of pyridine rings is 1. The number of rotatable bonds is 5. The molecule has 0 unspecified atom stereocenters. The number of sulfone groups is 1. The summed E-state index contributed by atoms with van der Waals surface area (Å²) >= 11 is 0. The Morgan fingerprint density at radius 2 is 1.90 bits per heavy atom. The molecule has 1 aromatic carbocycles. The molecule has 2 rings (SSSR count). The molecule has 0 amide bonds. The van der Waals surface area contributed by atoms with E-state index in [9.17, 15) is 8.42 Å². The zero-order chi connectivity index (χ0) is 15.7. The number of fused-ring (bicyclic) bond motifs is 1. The van der Waals surface area contributed by atoms with E-state index in [4.69, 9.17) is 0 Å². The molecule has 0 atom stereocenters. The van der Waals surface area contributed by atoms with Gasteiger partial charge in [0.25, 0.3) is 0 Å². The largest absolute Gasteiger partial charge is 0.311 e. The molecule has 0 aliphatic heterocycles. The van der Waals surface area contributed by atoms with E-state index in [1.165, 1.54) is 6.26 Å². The van der Waals surface area contributed by atoms with Crippen molar-refractivity contribution in [3.63, 3.8) is 0 Å². The standard InChI is InChI=1S/C16H22N2O2S/c1-12-9-13(14-7-5-6-8-15(14)18-12)10-17-11-16(2,3)21(4,19)20/h5-9,17H,10-11H2,1-4H3. The summed E-state index contributed by atoms with van der Waals surface area (Å²) in [6.07, 6.45) is 1.28. The second-order valence-corrected chi connectivity index (χ2v) is 8.72. The monoisotopic (exact) mass is 306 g/mol. The normalized spacial score (nSPS) is 12.8. The molecule has 0 radical (unpaired) electrons. The second-order valence-electron chi connectivity index (χ2n) is 6.08. The fourth-order valence-corrected chi connectivity index (χ4v) is 2.53. The molecule has 1 N–H and O–H groups in total. The van der Waals surface area contributed by atoms with Gasteiger partial charge in [-0.3, -0.25) is 4.98 Å². The SMILES string of the molecule is Cc1cc(CNCC(C)(C)S(C)(=O)=O)c2ccccc2n1. The van der Waals surface area contributed by atoms with Crippen LogP contribution in [0.2, 0.25) is 0 Å². The molecule has 5 heteroatoms. The predicted octanol–water partition coefficient (Wildman–Crippen LogP) is 2.46. The second kappa shape index (κ2) is 5.73. The summed E-state index contributed by atoms with van der Waals surface area (Å²) < 4.78 is 22.7. The first-order valence-electron chi connectivity index (χ1n) is 6.96. The molecule has 114 valence electrons. The first kappa shape index (κ1) is 15.9. The summed E-state index contributed by atoms with van der Waals surface area (Å²) in [5, 5.41) is 4.37. The zero-order valence-electron chi connectivity index (χ0n) is 13.0. The minimum Gasteiger partial charge on any atom is -0.311 e. The third kappa shape index (κ3) is 3.60. The van der Waals surface area contributed by atoms with Crippen molar-refractivity contribution in [3.05, 3.63) is 41.6 Å². The smallest absolute Gasteiger partial charge is 0.153 e. The highest BCUT2D eigenvalue weighted by molar-refractivity contribution is 7.92. The first-order chi connectivity index (χ1) is 9.71. The van der Waals surface area contributed by atoms with Gasteiger partial charge in [0.2, 0.25) is 0 Å². The van der Waals surface area contributed by atoms with Gasteiger partial charge in [0, 0.05) is 30.4 Å². The molecule has 1 heterocycles. The Morgan fingerprint density at radius 3 is 2.57 bits per heavy atom. The van der Waals surface area contributed by atoms with E-state index in [1.54, 1.807) is 13.8 Å². The van der Waals surface area contributed by atoms with E-state index >= 15 is 0 Å². The number of nitrogens with one attached hydrogen (secondary N) is 1. The van der Waals surface area contributed by atoms with Crippen LogP contribution in [0.3, 0.4) is 0 Å². The van der Waals surface area contributed by atoms with Crippen LogP contribution in [0.1, 0.15) is 25.1 Å². The van der Waals surface area contributed by atoms with Gasteiger partial charge in [0.1, 0.15) is 0 Å². The van der Waals surface area contributed by atoms with Gasteiger partial charge in [0.05, 0.1) is 10.3 Å². The summed E-state index contributed by atoms with van der Waals surface area (Å²) in [7, 11) is -3.08. The quantitative estimate of drug-likeness (QED) is 0.922. The predicted molar refractivity (Wildman–Crippen MR) is 87.1 cm³/mol. The highest BCUT2D eigenvalue weighted by Gasteiger charge is 2.29. The van der Waals surface area contributed by atoms with Gasteiger partial charge in [-0.15, -0.1) is 0 Å². The molecule has 0 fully saturated rings. The lowest BCUT2D eigenvalue weighted by atomic mass is 10.1. The molecule has 0 aliphatic rings. The van der Waals surface area contributed by atoms with E-state index in [1.807, 2.05) is 37.3 Å². The van der Waals surface area contributed by atoms with E-state index < -0.39 is 14.6 Å². The Labute approximate surface area is 126 Å². The van der Waals surface area contributed by atoms with Crippen LogP contribution >= 0.6 is 0 Å². The van der Waals surface area contributed by atoms with Crippen molar-refractivity contribution >= 4 is 20.7 Å². The Morgan fingerprint density at radius 1 is 1.24 bits per heavy atom. The Kier molecular flexibility index (Phi) is 4.35. The van der Waals surface area contributed by atoms with E-state index in [0.717, 1.165) is 22.2 Å². The van der Waals surface area contributed by atoms with Crippen LogP contribution in [0.4, 0.5) is 0 Å². The Bertz CT molecular complexity index is 752. The lowest BCUT2D eigenvalue weighted by molar-refractivity contribution is 0.522. The average Bonchev–Trinajstić information content (AvgIpc) is 2.36. The summed E-state index contributed by atoms with van der Waals surface area (Å²) in [5.41, 5.74) is 3.08. The van der Waals surface area contributed by atoms with Crippen molar-refractivity contribution in [3.8, 4) is 0 Å². The van der Waals surface area contributed by atoms with Gasteiger partial charge >= 0.3 is 0 Å². The average molecular weight is 306 g/mol. The number of aromatic nitrogens is 1. The molecule has 0 bridgehead atoms. The Hall–Kier alpha value is -1.46. The molecule has 0 saturated carbocycles. The number of nitrogens with zero attached hydrogens (tertiary/aromatic N) is 1. The van der Waals surface area contributed by atoms with E-state index in [0.29, 0.717) is 13.1 Å². The van der Waals surface area contributed by atoms with Gasteiger partial charge in [-0.25, -0.2) is 8.42 Å². The van der Waals surface area contributed by atoms with Crippen LogP contribution in [-0.2, 0) is 16.4 Å². The molecular formula is C16H22N2O2S. The summed E-state index contributed by atoms with van der Waals surface area (Å²) in [6.45, 7) is 6.50. The highest BCUT2D eigenvalue weighted by Crippen LogP contribution is 2.19. The maximum absolute atomic E-state index is 11.7. The maximum atomic E-state index is 11.7. The van der Waals surface area contributed by atoms with Gasteiger partial charge in [-0.1, -0.05) is 18.2 Å². The van der Waals surface area contributed by atoms with Crippen molar-refractivity contribution in [2.24, 2.45) is 0 Å². The lowest BCUT2D eigenvalue weighted by Crippen LogP contribution is -2.41. The van der Waals surface area contributed by atoms with Crippen molar-refractivity contribution in [1.29, 1.82) is 0 Å². The number of hydrogen-bond donors (Lipinski definition) is 1. The van der Waals surface area contributed by atoms with Crippen molar-refractivity contribution in [2.75, 3.05) is 12.8 Å². The summed E-state index contributed by atoms with van der Waals surface area (Å²) in [4.78, 5) is 4.51. The lowest BCUT2D eigenvalue weighted by Gasteiger charge is -2.23. The third-order valence-corrected chi connectivity index (χ3v) is 5.95. The zero-order valence-corrected chi connectivity index (χ0v) is 13.8. The van der Waals surface area contributed by atoms with Crippen LogP contribution in [0, 0.1) is 6.92 Å². The molecule has 1 aromatic heterocycles. The van der Waals surface area contributed by atoms with E-state index in [2.05, 4.69) is 10.3 Å². The van der Waals surface area contributed by atoms with Crippen molar-refractivity contribution in [1.82, 2.24) is 10.3 Å². The molecule has 0 spiro atoms. The van der Waals surface area contributed by atoms with Crippen LogP contribution < -0.4 is 5.32 Å². The van der Waals surface area contributed by atoms with Crippen LogP contribution in [0.15, 0.2) is 30.3 Å². The molecule has 21 heavy (non-hydrogen) atoms. The van der Waals surface area contributed by atoms with Crippen LogP contribution in [-0.4, -0.2) is 30.9 Å². The number of aryl methyl sites for hydroxylation is 1. The fraction of sp³-hybridized carbons (Fsp3) is 0.438. The topological polar surface area (TPSA) is 59.1 Å². The van der Waals surface area contributed by atoms with Gasteiger partial charge in [0.15, 0.2) is 9.84 Å². The van der Waals surface area contributed by atoms with Crippen LogP contribution in [0.25, 0.3) is 10.9 Å². The minimum atomic E-state index is -3.08. The Balaban J connectivity index is 2.18. The number of hydrogen-bond acceptors (Lipinski definition) is 4. The summed E-state index contributed by atoms with van der Waals surface area (Å²) in [5.74, 6) is 0. The molecule has 2 aromatic rings. The molecule has 4 nitrogen and oxygen atoms in total. The molecule has 0 saturated heterocycles. The minimum absolute atomic E-state index is 0.418. The number of para-hydroxylation sites is 1. The van der Waals surface area contributed by atoms with Gasteiger partial charge in [-0.2, -0.15) is 0 Å². The third-order valence-electron chi connectivity index (χ3n) is 3.80. The molecular weight excluding hydrogens is 284 g/mol. The fourth-order valence-electron chi connectivity index (χ4n) is 2.17. The number of benzene rings is 1. The maximum Gasteiger partial charge on any atom is 0.153 e. The van der Waals surface area contributed by atoms with Crippen molar-refractivity contribution < 1.29 is 8.42 Å². The van der Waals surface area contributed by atoms with Gasteiger partial charge in [-0.05, 0) is 38.5 Å².